The molecule has 2 heterocycles. The van der Waals surface area contributed by atoms with Gasteiger partial charge in [-0.3, -0.25) is 9.59 Å². The Balaban J connectivity index is 1.75. The summed E-state index contributed by atoms with van der Waals surface area (Å²) in [7, 11) is 0. The number of fused-ring (bicyclic) bond motifs is 1. The van der Waals surface area contributed by atoms with Crippen LogP contribution in [0.3, 0.4) is 0 Å². The number of aromatic nitrogens is 1. The van der Waals surface area contributed by atoms with Crippen molar-refractivity contribution in [1.29, 1.82) is 0 Å². The number of para-hydroxylation sites is 1. The molecule has 0 spiro atoms. The molecule has 1 aromatic heterocycles. The Morgan fingerprint density at radius 3 is 2.88 bits per heavy atom. The number of anilines is 2. The normalized spacial score (nSPS) is 12.6. The van der Waals surface area contributed by atoms with Crippen LogP contribution in [0.4, 0.5) is 11.5 Å². The van der Waals surface area contributed by atoms with Crippen LogP contribution >= 0.6 is 0 Å². The second-order valence-electron chi connectivity index (χ2n) is 5.94. The Morgan fingerprint density at radius 2 is 2.04 bits per heavy atom. The fourth-order valence-electron chi connectivity index (χ4n) is 2.90. The monoisotopic (exact) mass is 338 g/mol. The first-order valence-corrected chi connectivity index (χ1v) is 8.56. The minimum absolute atomic E-state index is 0.0912. The quantitative estimate of drug-likeness (QED) is 0.847. The van der Waals surface area contributed by atoms with Crippen molar-refractivity contribution in [3.05, 3.63) is 53.7 Å². The number of pyridine rings is 1. The van der Waals surface area contributed by atoms with Gasteiger partial charge < -0.3 is 15.5 Å². The molecule has 0 unspecified atom stereocenters. The molecule has 0 fully saturated rings. The Labute approximate surface area is 147 Å². The van der Waals surface area contributed by atoms with Crippen molar-refractivity contribution in [3.63, 3.8) is 0 Å². The summed E-state index contributed by atoms with van der Waals surface area (Å²) in [5.41, 5.74) is 2.60. The molecule has 2 amide bonds. The van der Waals surface area contributed by atoms with Crippen LogP contribution in [0, 0.1) is 0 Å². The average Bonchev–Trinajstić information content (AvgIpc) is 3.08. The molecular weight excluding hydrogens is 316 g/mol. The van der Waals surface area contributed by atoms with E-state index < -0.39 is 0 Å². The fraction of sp³-hybridized carbons (Fsp3) is 0.316. The zero-order valence-electron chi connectivity index (χ0n) is 14.3. The van der Waals surface area contributed by atoms with Gasteiger partial charge in [-0.2, -0.15) is 0 Å². The van der Waals surface area contributed by atoms with Crippen LogP contribution in [0.2, 0.25) is 0 Å². The van der Waals surface area contributed by atoms with Gasteiger partial charge in [0.15, 0.2) is 0 Å². The zero-order chi connectivity index (χ0) is 17.6. The van der Waals surface area contributed by atoms with E-state index in [1.807, 2.05) is 31.2 Å². The third-order valence-electron chi connectivity index (χ3n) is 4.16. The Kier molecular flexibility index (Phi) is 5.28. The van der Waals surface area contributed by atoms with Gasteiger partial charge in [-0.1, -0.05) is 25.1 Å². The molecule has 2 aromatic rings. The summed E-state index contributed by atoms with van der Waals surface area (Å²) >= 11 is 0. The van der Waals surface area contributed by atoms with Crippen LogP contribution < -0.4 is 15.5 Å². The topological polar surface area (TPSA) is 74.3 Å². The highest BCUT2D eigenvalue weighted by Crippen LogP contribution is 2.29. The predicted molar refractivity (Wildman–Crippen MR) is 97.8 cm³/mol. The first-order chi connectivity index (χ1) is 12.2. The molecular formula is C19H22N4O2. The van der Waals surface area contributed by atoms with Gasteiger partial charge in [-0.15, -0.1) is 0 Å². The molecule has 130 valence electrons. The summed E-state index contributed by atoms with van der Waals surface area (Å²) in [4.78, 5) is 30.8. The van der Waals surface area contributed by atoms with Crippen LogP contribution in [0.5, 0.6) is 0 Å². The van der Waals surface area contributed by atoms with Crippen molar-refractivity contribution in [3.8, 4) is 0 Å². The molecule has 3 rings (SSSR count). The van der Waals surface area contributed by atoms with E-state index in [4.69, 9.17) is 0 Å². The number of rotatable bonds is 6. The third kappa shape index (κ3) is 3.79. The van der Waals surface area contributed by atoms with Crippen molar-refractivity contribution in [1.82, 2.24) is 10.3 Å². The lowest BCUT2D eigenvalue weighted by Crippen LogP contribution is -2.32. The maximum atomic E-state index is 13.0. The summed E-state index contributed by atoms with van der Waals surface area (Å²) in [6, 6.07) is 11.4. The lowest BCUT2D eigenvalue weighted by atomic mass is 10.1. The van der Waals surface area contributed by atoms with Gasteiger partial charge >= 0.3 is 0 Å². The first kappa shape index (κ1) is 17.0. The van der Waals surface area contributed by atoms with Gasteiger partial charge in [0.25, 0.3) is 5.91 Å². The van der Waals surface area contributed by atoms with Crippen molar-refractivity contribution >= 4 is 23.3 Å². The van der Waals surface area contributed by atoms with E-state index in [0.29, 0.717) is 24.5 Å². The summed E-state index contributed by atoms with van der Waals surface area (Å²) in [6.45, 7) is 3.38. The summed E-state index contributed by atoms with van der Waals surface area (Å²) in [5.74, 6) is 0.218. The molecule has 25 heavy (non-hydrogen) atoms. The molecule has 0 atom stereocenters. The number of hydrogen-bond acceptors (Lipinski definition) is 4. The van der Waals surface area contributed by atoms with Gasteiger partial charge in [0.2, 0.25) is 5.91 Å². The molecule has 0 aliphatic carbocycles. The van der Waals surface area contributed by atoms with E-state index in [1.165, 1.54) is 5.56 Å². The molecule has 0 bridgehead atoms. The molecule has 0 radical (unpaired) electrons. The smallest absolute Gasteiger partial charge is 0.262 e. The minimum atomic E-state index is -0.113. The highest BCUT2D eigenvalue weighted by atomic mass is 16.2. The number of carbonyl (C=O) groups is 2. The van der Waals surface area contributed by atoms with E-state index in [-0.39, 0.29) is 18.4 Å². The highest BCUT2D eigenvalue weighted by Gasteiger charge is 2.27. The molecule has 1 aliphatic rings. The standard InChI is InChI=1S/C19H22N4O2/c1-2-10-20-17(24)13-22-18-15(7-5-11-21-18)19(25)23-12-9-14-6-3-4-8-16(14)23/h3-8,11H,2,9-10,12-13H2,1H3,(H,20,24)(H,21,22). The van der Waals surface area contributed by atoms with E-state index in [0.717, 1.165) is 18.5 Å². The lowest BCUT2D eigenvalue weighted by Gasteiger charge is -2.19. The van der Waals surface area contributed by atoms with Gasteiger partial charge in [0.1, 0.15) is 5.82 Å². The lowest BCUT2D eigenvalue weighted by molar-refractivity contribution is -0.119. The molecule has 0 saturated carbocycles. The second kappa shape index (κ2) is 7.79. The van der Waals surface area contributed by atoms with Crippen LogP contribution in [0.15, 0.2) is 42.6 Å². The van der Waals surface area contributed by atoms with Crippen LogP contribution in [-0.2, 0) is 11.2 Å². The maximum Gasteiger partial charge on any atom is 0.262 e. The number of benzene rings is 1. The average molecular weight is 338 g/mol. The van der Waals surface area contributed by atoms with Crippen molar-refractivity contribution in [2.45, 2.75) is 19.8 Å². The number of hydrogen-bond donors (Lipinski definition) is 2. The summed E-state index contributed by atoms with van der Waals surface area (Å²) < 4.78 is 0. The fourth-order valence-corrected chi connectivity index (χ4v) is 2.90. The zero-order valence-corrected chi connectivity index (χ0v) is 14.3. The Bertz CT molecular complexity index is 776. The van der Waals surface area contributed by atoms with Crippen LogP contribution in [0.25, 0.3) is 0 Å². The highest BCUT2D eigenvalue weighted by molar-refractivity contribution is 6.10. The molecule has 2 N–H and O–H groups in total. The number of nitrogens with zero attached hydrogens (tertiary/aromatic N) is 2. The van der Waals surface area contributed by atoms with Gasteiger partial charge in [-0.25, -0.2) is 4.98 Å². The number of carbonyl (C=O) groups excluding carboxylic acids is 2. The SMILES string of the molecule is CCCNC(=O)CNc1ncccc1C(=O)N1CCc2ccccc21. The number of amides is 2. The molecule has 6 heteroatoms. The molecule has 1 aliphatic heterocycles. The van der Waals surface area contributed by atoms with Gasteiger partial charge in [0, 0.05) is 25.0 Å². The third-order valence-corrected chi connectivity index (χ3v) is 4.16. The van der Waals surface area contributed by atoms with Gasteiger partial charge in [0.05, 0.1) is 12.1 Å². The molecule has 1 aromatic carbocycles. The first-order valence-electron chi connectivity index (χ1n) is 8.56. The molecule has 6 nitrogen and oxygen atoms in total. The van der Waals surface area contributed by atoms with E-state index >= 15 is 0 Å². The van der Waals surface area contributed by atoms with Crippen molar-refractivity contribution < 1.29 is 9.59 Å². The molecule has 0 saturated heterocycles. The predicted octanol–water partition coefficient (Wildman–Crippen LogP) is 2.22. The Hall–Kier alpha value is -2.89. The summed E-state index contributed by atoms with van der Waals surface area (Å²) in [6.07, 6.45) is 3.35. The Morgan fingerprint density at radius 1 is 1.20 bits per heavy atom. The summed E-state index contributed by atoms with van der Waals surface area (Å²) in [5, 5.41) is 5.77. The van der Waals surface area contributed by atoms with E-state index in [1.54, 1.807) is 23.2 Å². The van der Waals surface area contributed by atoms with E-state index in [9.17, 15) is 9.59 Å². The van der Waals surface area contributed by atoms with Gasteiger partial charge in [-0.05, 0) is 36.6 Å². The van der Waals surface area contributed by atoms with Crippen LogP contribution in [-0.4, -0.2) is 36.4 Å². The maximum absolute atomic E-state index is 13.0. The van der Waals surface area contributed by atoms with Crippen molar-refractivity contribution in [2.24, 2.45) is 0 Å². The van der Waals surface area contributed by atoms with E-state index in [2.05, 4.69) is 15.6 Å². The van der Waals surface area contributed by atoms with Crippen molar-refractivity contribution in [2.75, 3.05) is 29.9 Å². The largest absolute Gasteiger partial charge is 0.360 e. The number of nitrogens with one attached hydrogen (secondary N) is 2. The van der Waals surface area contributed by atoms with Crippen LogP contribution in [0.1, 0.15) is 29.3 Å². The minimum Gasteiger partial charge on any atom is -0.360 e. The second-order valence-corrected chi connectivity index (χ2v) is 5.94.